The summed E-state index contributed by atoms with van der Waals surface area (Å²) in [6.07, 6.45) is 5.88. The van der Waals surface area contributed by atoms with Crippen molar-refractivity contribution in [3.8, 4) is 5.69 Å². The van der Waals surface area contributed by atoms with E-state index in [2.05, 4.69) is 4.98 Å². The highest BCUT2D eigenvalue weighted by Gasteiger charge is 2.25. The van der Waals surface area contributed by atoms with Gasteiger partial charge in [-0.2, -0.15) is 0 Å². The topological polar surface area (TPSA) is 38.1 Å². The van der Waals surface area contributed by atoms with Gasteiger partial charge in [-0.25, -0.2) is 4.98 Å². The van der Waals surface area contributed by atoms with Crippen LogP contribution in [0.1, 0.15) is 19.8 Å². The maximum absolute atomic E-state index is 12.4. The first kappa shape index (κ1) is 15.4. The SMILES string of the molecule is CC(Sc1nccn1-c1ccc(Cl)cc1)C(=O)N1CCCC1. The van der Waals surface area contributed by atoms with Crippen molar-refractivity contribution in [2.45, 2.75) is 30.2 Å². The van der Waals surface area contributed by atoms with Crippen LogP contribution in [0.25, 0.3) is 5.69 Å². The number of carbonyl (C=O) groups is 1. The minimum Gasteiger partial charge on any atom is -0.342 e. The van der Waals surface area contributed by atoms with Gasteiger partial charge in [0.05, 0.1) is 5.25 Å². The normalized spacial score (nSPS) is 16.0. The summed E-state index contributed by atoms with van der Waals surface area (Å²) in [5, 5.41) is 1.39. The number of imidazole rings is 1. The van der Waals surface area contributed by atoms with E-state index in [-0.39, 0.29) is 11.2 Å². The summed E-state index contributed by atoms with van der Waals surface area (Å²) in [6.45, 7) is 3.72. The predicted molar refractivity (Wildman–Crippen MR) is 89.7 cm³/mol. The highest BCUT2D eigenvalue weighted by molar-refractivity contribution is 8.00. The van der Waals surface area contributed by atoms with E-state index in [1.54, 1.807) is 6.20 Å². The van der Waals surface area contributed by atoms with Crippen molar-refractivity contribution in [1.29, 1.82) is 0 Å². The summed E-state index contributed by atoms with van der Waals surface area (Å²) in [4.78, 5) is 18.8. The largest absolute Gasteiger partial charge is 0.342 e. The molecular weight excluding hydrogens is 318 g/mol. The molecule has 1 saturated heterocycles. The van der Waals surface area contributed by atoms with Gasteiger partial charge in [0.2, 0.25) is 5.91 Å². The Balaban J connectivity index is 1.74. The van der Waals surface area contributed by atoms with Crippen LogP contribution >= 0.6 is 23.4 Å². The molecule has 1 aromatic carbocycles. The number of halogens is 1. The Morgan fingerprint density at radius 1 is 1.27 bits per heavy atom. The number of amides is 1. The zero-order valence-corrected chi connectivity index (χ0v) is 14.0. The highest BCUT2D eigenvalue weighted by atomic mass is 35.5. The number of nitrogens with zero attached hydrogens (tertiary/aromatic N) is 3. The van der Waals surface area contributed by atoms with Gasteiger partial charge in [-0.1, -0.05) is 23.4 Å². The van der Waals surface area contributed by atoms with E-state index in [1.807, 2.05) is 46.9 Å². The first-order valence-corrected chi connectivity index (χ1v) is 8.65. The third kappa shape index (κ3) is 3.31. The van der Waals surface area contributed by atoms with Crippen LogP contribution in [0.4, 0.5) is 0 Å². The molecule has 0 saturated carbocycles. The average Bonchev–Trinajstić information content (AvgIpc) is 3.18. The molecule has 22 heavy (non-hydrogen) atoms. The summed E-state index contributed by atoms with van der Waals surface area (Å²) in [6, 6.07) is 7.59. The number of aromatic nitrogens is 2. The third-order valence-corrected chi connectivity index (χ3v) is 5.08. The fourth-order valence-corrected chi connectivity index (χ4v) is 3.67. The Bertz CT molecular complexity index is 650. The van der Waals surface area contributed by atoms with Crippen molar-refractivity contribution in [2.24, 2.45) is 0 Å². The van der Waals surface area contributed by atoms with Crippen molar-refractivity contribution < 1.29 is 4.79 Å². The third-order valence-electron chi connectivity index (χ3n) is 3.76. The quantitative estimate of drug-likeness (QED) is 0.801. The van der Waals surface area contributed by atoms with Gasteiger partial charge in [-0.05, 0) is 44.0 Å². The van der Waals surface area contributed by atoms with E-state index < -0.39 is 0 Å². The smallest absolute Gasteiger partial charge is 0.235 e. The number of hydrogen-bond acceptors (Lipinski definition) is 3. The van der Waals surface area contributed by atoms with Crippen molar-refractivity contribution in [3.63, 3.8) is 0 Å². The lowest BCUT2D eigenvalue weighted by Gasteiger charge is -2.20. The molecule has 1 fully saturated rings. The van der Waals surface area contributed by atoms with Gasteiger partial charge in [-0.3, -0.25) is 9.36 Å². The number of thioether (sulfide) groups is 1. The zero-order valence-electron chi connectivity index (χ0n) is 12.4. The molecule has 1 aliphatic rings. The number of carbonyl (C=O) groups excluding carboxylic acids is 1. The molecule has 1 atom stereocenters. The fraction of sp³-hybridized carbons (Fsp3) is 0.375. The lowest BCUT2D eigenvalue weighted by Crippen LogP contribution is -2.34. The van der Waals surface area contributed by atoms with Gasteiger partial charge >= 0.3 is 0 Å². The van der Waals surface area contributed by atoms with Gasteiger partial charge in [0.25, 0.3) is 0 Å². The standard InChI is InChI=1S/C16H18ClN3OS/c1-12(15(21)19-9-2-3-10-19)22-16-18-8-11-20(16)14-6-4-13(17)5-7-14/h4-8,11-12H,2-3,9-10H2,1H3. The molecule has 4 nitrogen and oxygen atoms in total. The summed E-state index contributed by atoms with van der Waals surface area (Å²) in [5.74, 6) is 0.202. The van der Waals surface area contributed by atoms with Crippen LogP contribution in [0, 0.1) is 0 Å². The summed E-state index contributed by atoms with van der Waals surface area (Å²) < 4.78 is 1.98. The molecule has 1 amide bonds. The Morgan fingerprint density at radius 3 is 2.64 bits per heavy atom. The molecule has 1 aliphatic heterocycles. The highest BCUT2D eigenvalue weighted by Crippen LogP contribution is 2.27. The van der Waals surface area contributed by atoms with Crippen LogP contribution in [-0.4, -0.2) is 38.7 Å². The van der Waals surface area contributed by atoms with E-state index in [9.17, 15) is 4.79 Å². The second-order valence-electron chi connectivity index (χ2n) is 5.35. The van der Waals surface area contributed by atoms with Crippen LogP contribution in [0.2, 0.25) is 5.02 Å². The van der Waals surface area contributed by atoms with Gasteiger partial charge in [0.1, 0.15) is 0 Å². The van der Waals surface area contributed by atoms with Crippen LogP contribution in [0.3, 0.4) is 0 Å². The van der Waals surface area contributed by atoms with Gasteiger partial charge in [0, 0.05) is 36.2 Å². The fourth-order valence-electron chi connectivity index (χ4n) is 2.58. The van der Waals surface area contributed by atoms with E-state index in [0.717, 1.165) is 36.8 Å². The molecular formula is C16H18ClN3OS. The molecule has 1 aromatic heterocycles. The van der Waals surface area contributed by atoms with Crippen molar-refractivity contribution in [3.05, 3.63) is 41.7 Å². The van der Waals surface area contributed by atoms with Crippen molar-refractivity contribution in [2.75, 3.05) is 13.1 Å². The Morgan fingerprint density at radius 2 is 1.95 bits per heavy atom. The molecule has 0 spiro atoms. The van der Waals surface area contributed by atoms with Crippen LogP contribution in [0.15, 0.2) is 41.8 Å². The average molecular weight is 336 g/mol. The Hall–Kier alpha value is -1.46. The molecule has 0 N–H and O–H groups in total. The van der Waals surface area contributed by atoms with Gasteiger partial charge in [-0.15, -0.1) is 0 Å². The molecule has 2 aromatic rings. The van der Waals surface area contributed by atoms with E-state index in [4.69, 9.17) is 11.6 Å². The second kappa shape index (κ2) is 6.75. The minimum absolute atomic E-state index is 0.133. The van der Waals surface area contributed by atoms with Crippen LogP contribution < -0.4 is 0 Å². The van der Waals surface area contributed by atoms with Crippen molar-refractivity contribution in [1.82, 2.24) is 14.5 Å². The number of benzene rings is 1. The maximum atomic E-state index is 12.4. The lowest BCUT2D eigenvalue weighted by molar-refractivity contribution is -0.129. The molecule has 0 bridgehead atoms. The maximum Gasteiger partial charge on any atom is 0.235 e. The predicted octanol–water partition coefficient (Wildman–Crippen LogP) is 3.63. The van der Waals surface area contributed by atoms with Crippen LogP contribution in [0.5, 0.6) is 0 Å². The number of rotatable bonds is 4. The zero-order chi connectivity index (χ0) is 15.5. The number of likely N-dealkylation sites (tertiary alicyclic amines) is 1. The molecule has 2 heterocycles. The van der Waals surface area contributed by atoms with Gasteiger partial charge in [0.15, 0.2) is 5.16 Å². The summed E-state index contributed by atoms with van der Waals surface area (Å²) >= 11 is 7.43. The van der Waals surface area contributed by atoms with E-state index in [0.29, 0.717) is 5.02 Å². The van der Waals surface area contributed by atoms with Gasteiger partial charge < -0.3 is 4.90 Å². The minimum atomic E-state index is -0.133. The first-order chi connectivity index (χ1) is 10.6. The Labute approximate surface area is 139 Å². The van der Waals surface area contributed by atoms with E-state index in [1.165, 1.54) is 11.8 Å². The summed E-state index contributed by atoms with van der Waals surface area (Å²) in [5.41, 5.74) is 0.991. The molecule has 1 unspecified atom stereocenters. The molecule has 3 rings (SSSR count). The van der Waals surface area contributed by atoms with Crippen molar-refractivity contribution >= 4 is 29.3 Å². The molecule has 116 valence electrons. The van der Waals surface area contributed by atoms with E-state index >= 15 is 0 Å². The van der Waals surface area contributed by atoms with Crippen LogP contribution in [-0.2, 0) is 4.79 Å². The molecule has 0 radical (unpaired) electrons. The number of hydrogen-bond donors (Lipinski definition) is 0. The molecule has 6 heteroatoms. The second-order valence-corrected chi connectivity index (χ2v) is 7.09. The first-order valence-electron chi connectivity index (χ1n) is 7.40. The summed E-state index contributed by atoms with van der Waals surface area (Å²) in [7, 11) is 0. The molecule has 0 aliphatic carbocycles. The lowest BCUT2D eigenvalue weighted by atomic mass is 10.3. The Kier molecular flexibility index (Phi) is 4.74. The monoisotopic (exact) mass is 335 g/mol.